The lowest BCUT2D eigenvalue weighted by Gasteiger charge is -2.36. The minimum Gasteiger partial charge on any atom is -0.508 e. The number of aromatic hydroxyl groups is 1. The molecule has 0 spiro atoms. The van der Waals surface area contributed by atoms with E-state index in [1.165, 1.54) is 25.8 Å². The van der Waals surface area contributed by atoms with E-state index in [1.54, 1.807) is 24.3 Å². The van der Waals surface area contributed by atoms with E-state index in [4.69, 9.17) is 16.7 Å². The average molecular weight is 380 g/mol. The van der Waals surface area contributed by atoms with Crippen LogP contribution in [0.15, 0.2) is 24.3 Å². The monoisotopic (exact) mass is 379 g/mol. The molecule has 2 heterocycles. The van der Waals surface area contributed by atoms with Gasteiger partial charge in [0.2, 0.25) is 5.91 Å². The Morgan fingerprint density at radius 1 is 1.00 bits per heavy atom. The smallest absolute Gasteiger partial charge is 0.239 e. The standard InChI is InChI=1S/C14H25N3O.C6H5ClO/c18-14(13-6-2-7-15-13)17-9-3-8-16(10-11-17)12-4-1-5-12;7-5-1-3-6(8)4-2-5/h12-13,15H,1-11H2;1-4,8H/t13-;/m0./s1. The lowest BCUT2D eigenvalue weighted by Crippen LogP contribution is -2.46. The molecule has 2 saturated heterocycles. The first-order valence-electron chi connectivity index (χ1n) is 9.84. The van der Waals surface area contributed by atoms with E-state index >= 15 is 0 Å². The Labute approximate surface area is 161 Å². The summed E-state index contributed by atoms with van der Waals surface area (Å²) in [5.41, 5.74) is 0. The fraction of sp³-hybridized carbons (Fsp3) is 0.650. The summed E-state index contributed by atoms with van der Waals surface area (Å²) in [6, 6.07) is 7.29. The summed E-state index contributed by atoms with van der Waals surface area (Å²) >= 11 is 5.50. The van der Waals surface area contributed by atoms with Crippen LogP contribution in [-0.4, -0.2) is 65.6 Å². The van der Waals surface area contributed by atoms with Gasteiger partial charge in [0.1, 0.15) is 5.75 Å². The summed E-state index contributed by atoms with van der Waals surface area (Å²) in [7, 11) is 0. The molecular weight excluding hydrogens is 350 g/mol. The normalized spacial score (nSPS) is 24.3. The van der Waals surface area contributed by atoms with E-state index in [0.717, 1.165) is 51.5 Å². The van der Waals surface area contributed by atoms with E-state index < -0.39 is 0 Å². The third kappa shape index (κ3) is 5.35. The topological polar surface area (TPSA) is 55.8 Å². The Bertz CT molecular complexity index is 550. The number of phenols is 1. The Morgan fingerprint density at radius 2 is 1.77 bits per heavy atom. The van der Waals surface area contributed by atoms with Crippen LogP contribution in [-0.2, 0) is 4.79 Å². The second-order valence-corrected chi connectivity index (χ2v) is 7.86. The van der Waals surface area contributed by atoms with Crippen molar-refractivity contribution < 1.29 is 9.90 Å². The van der Waals surface area contributed by atoms with Gasteiger partial charge in [0.05, 0.1) is 6.04 Å². The van der Waals surface area contributed by atoms with Crippen LogP contribution in [0, 0.1) is 0 Å². The first-order chi connectivity index (χ1) is 12.6. The minimum atomic E-state index is 0.111. The van der Waals surface area contributed by atoms with E-state index in [0.29, 0.717) is 10.9 Å². The highest BCUT2D eigenvalue weighted by Crippen LogP contribution is 2.25. The van der Waals surface area contributed by atoms with Crippen molar-refractivity contribution in [1.29, 1.82) is 0 Å². The maximum Gasteiger partial charge on any atom is 0.239 e. The molecular formula is C20H30ClN3O2. The molecule has 1 saturated carbocycles. The molecule has 2 N–H and O–H groups in total. The zero-order valence-electron chi connectivity index (χ0n) is 15.4. The van der Waals surface area contributed by atoms with Gasteiger partial charge in [0, 0.05) is 37.2 Å². The summed E-state index contributed by atoms with van der Waals surface area (Å²) in [5, 5.41) is 12.7. The van der Waals surface area contributed by atoms with Crippen molar-refractivity contribution in [1.82, 2.24) is 15.1 Å². The van der Waals surface area contributed by atoms with E-state index in [9.17, 15) is 4.79 Å². The van der Waals surface area contributed by atoms with Gasteiger partial charge in [-0.25, -0.2) is 0 Å². The molecule has 6 heteroatoms. The molecule has 1 aromatic carbocycles. The van der Waals surface area contributed by atoms with E-state index in [2.05, 4.69) is 15.1 Å². The van der Waals surface area contributed by atoms with Crippen molar-refractivity contribution in [2.75, 3.05) is 32.7 Å². The van der Waals surface area contributed by atoms with Gasteiger partial charge in [-0.15, -0.1) is 0 Å². The highest BCUT2D eigenvalue weighted by molar-refractivity contribution is 6.30. The Kier molecular flexibility index (Phi) is 7.17. The molecule has 4 rings (SSSR count). The molecule has 0 bridgehead atoms. The van der Waals surface area contributed by atoms with Crippen LogP contribution in [0.4, 0.5) is 0 Å². The Balaban J connectivity index is 0.000000206. The fourth-order valence-electron chi connectivity index (χ4n) is 3.83. The van der Waals surface area contributed by atoms with Crippen LogP contribution in [0.25, 0.3) is 0 Å². The fourth-order valence-corrected chi connectivity index (χ4v) is 3.96. The van der Waals surface area contributed by atoms with Crippen molar-refractivity contribution in [3.63, 3.8) is 0 Å². The van der Waals surface area contributed by atoms with Gasteiger partial charge in [0.15, 0.2) is 0 Å². The molecule has 0 radical (unpaired) electrons. The van der Waals surface area contributed by atoms with E-state index in [1.807, 2.05) is 0 Å². The van der Waals surface area contributed by atoms with Crippen LogP contribution in [0.2, 0.25) is 5.02 Å². The van der Waals surface area contributed by atoms with Gasteiger partial charge in [0.25, 0.3) is 0 Å². The van der Waals surface area contributed by atoms with Crippen molar-refractivity contribution in [3.05, 3.63) is 29.3 Å². The van der Waals surface area contributed by atoms with Crippen molar-refractivity contribution in [2.45, 2.75) is 50.6 Å². The van der Waals surface area contributed by atoms with Crippen LogP contribution < -0.4 is 5.32 Å². The summed E-state index contributed by atoms with van der Waals surface area (Å²) in [6.45, 7) is 5.18. The molecule has 3 fully saturated rings. The predicted octanol–water partition coefficient (Wildman–Crippen LogP) is 2.87. The Hall–Kier alpha value is -1.30. The second-order valence-electron chi connectivity index (χ2n) is 7.42. The molecule has 2 aliphatic heterocycles. The first kappa shape index (κ1) is 19.5. The number of rotatable bonds is 2. The molecule has 0 aromatic heterocycles. The number of carbonyl (C=O) groups excluding carboxylic acids is 1. The third-order valence-corrected chi connectivity index (χ3v) is 5.87. The number of hydrogen-bond acceptors (Lipinski definition) is 4. The zero-order chi connectivity index (χ0) is 18.4. The maximum absolute atomic E-state index is 12.4. The maximum atomic E-state index is 12.4. The zero-order valence-corrected chi connectivity index (χ0v) is 16.1. The second kappa shape index (κ2) is 9.58. The number of nitrogens with zero attached hydrogens (tertiary/aromatic N) is 2. The van der Waals surface area contributed by atoms with Crippen LogP contribution in [0.3, 0.4) is 0 Å². The number of halogens is 1. The SMILES string of the molecule is O=C([C@@H]1CCCN1)N1CCCN(C2CCC2)CC1.Oc1ccc(Cl)cc1. The molecule has 3 aliphatic rings. The van der Waals surface area contributed by atoms with Gasteiger partial charge in [-0.2, -0.15) is 0 Å². The van der Waals surface area contributed by atoms with Gasteiger partial charge in [-0.05, 0) is 62.9 Å². The van der Waals surface area contributed by atoms with Gasteiger partial charge in [-0.3, -0.25) is 9.69 Å². The highest BCUT2D eigenvalue weighted by Gasteiger charge is 2.30. The number of amides is 1. The van der Waals surface area contributed by atoms with Gasteiger partial charge in [-0.1, -0.05) is 18.0 Å². The average Bonchev–Trinajstić information content (AvgIpc) is 3.03. The lowest BCUT2D eigenvalue weighted by molar-refractivity contribution is -0.133. The van der Waals surface area contributed by atoms with Crippen LogP contribution in [0.5, 0.6) is 5.75 Å². The molecule has 0 unspecified atom stereocenters. The van der Waals surface area contributed by atoms with Crippen LogP contribution in [0.1, 0.15) is 38.5 Å². The van der Waals surface area contributed by atoms with E-state index in [-0.39, 0.29) is 11.8 Å². The molecule has 144 valence electrons. The molecule has 26 heavy (non-hydrogen) atoms. The predicted molar refractivity (Wildman–Crippen MR) is 105 cm³/mol. The Morgan fingerprint density at radius 3 is 2.35 bits per heavy atom. The van der Waals surface area contributed by atoms with Gasteiger partial charge >= 0.3 is 0 Å². The summed E-state index contributed by atoms with van der Waals surface area (Å²) < 4.78 is 0. The molecule has 1 atom stereocenters. The summed E-state index contributed by atoms with van der Waals surface area (Å²) in [4.78, 5) is 17.1. The molecule has 5 nitrogen and oxygen atoms in total. The number of carbonyl (C=O) groups is 1. The van der Waals surface area contributed by atoms with Crippen molar-refractivity contribution >= 4 is 17.5 Å². The molecule has 1 aliphatic carbocycles. The summed E-state index contributed by atoms with van der Waals surface area (Å²) in [6.07, 6.45) is 7.47. The molecule has 1 amide bonds. The third-order valence-electron chi connectivity index (χ3n) is 5.62. The number of hydrogen-bond donors (Lipinski definition) is 2. The quantitative estimate of drug-likeness (QED) is 0.829. The van der Waals surface area contributed by atoms with Crippen molar-refractivity contribution in [2.24, 2.45) is 0 Å². The minimum absolute atomic E-state index is 0.111. The summed E-state index contributed by atoms with van der Waals surface area (Å²) in [5.74, 6) is 0.595. The van der Waals surface area contributed by atoms with Crippen LogP contribution >= 0.6 is 11.6 Å². The highest BCUT2D eigenvalue weighted by atomic mass is 35.5. The number of nitrogens with one attached hydrogen (secondary N) is 1. The lowest BCUT2D eigenvalue weighted by atomic mass is 9.91. The first-order valence-corrected chi connectivity index (χ1v) is 10.2. The largest absolute Gasteiger partial charge is 0.508 e. The van der Waals surface area contributed by atoms with Gasteiger partial charge < -0.3 is 15.3 Å². The number of benzene rings is 1. The van der Waals surface area contributed by atoms with Crippen molar-refractivity contribution in [3.8, 4) is 5.75 Å². The molecule has 1 aromatic rings. The number of phenolic OH excluding ortho intramolecular Hbond substituents is 1.